The Balaban J connectivity index is 1.82. The van der Waals surface area contributed by atoms with Gasteiger partial charge in [-0.2, -0.15) is 0 Å². The van der Waals surface area contributed by atoms with Gasteiger partial charge in [-0.1, -0.05) is 53.0 Å². The Kier molecular flexibility index (Phi) is 4.24. The van der Waals surface area contributed by atoms with E-state index in [2.05, 4.69) is 0 Å². The Morgan fingerprint density at radius 1 is 1.04 bits per heavy atom. The number of nitrogens with zero attached hydrogens (tertiary/aromatic N) is 1. The minimum absolute atomic E-state index is 0.280. The maximum absolute atomic E-state index is 13.3. The number of rotatable bonds is 2. The first-order valence-electron chi connectivity index (χ1n) is 8.17. The van der Waals surface area contributed by atoms with Crippen LogP contribution in [0.3, 0.4) is 0 Å². The summed E-state index contributed by atoms with van der Waals surface area (Å²) in [5.74, 6) is -1.77. The lowest BCUT2D eigenvalue weighted by Gasteiger charge is -2.32. The second kappa shape index (κ2) is 6.29. The van der Waals surface area contributed by atoms with E-state index >= 15 is 0 Å². The normalized spacial score (nSPS) is 18.7. The SMILES string of the molecule is Cc1ccc(CN2C(=O)C3(OCCCO3)c3c(Cl)ccc(Cl)c32)cc1. The molecule has 1 spiro atoms. The number of aryl methyl sites for hydroxylation is 1. The second-order valence-electron chi connectivity index (χ2n) is 6.30. The summed E-state index contributed by atoms with van der Waals surface area (Å²) in [5.41, 5.74) is 3.24. The molecule has 0 aromatic heterocycles. The predicted molar refractivity (Wildman–Crippen MR) is 97.0 cm³/mol. The van der Waals surface area contributed by atoms with Crippen molar-refractivity contribution in [2.75, 3.05) is 18.1 Å². The largest absolute Gasteiger partial charge is 0.338 e. The molecule has 2 heterocycles. The van der Waals surface area contributed by atoms with Gasteiger partial charge in [-0.05, 0) is 31.0 Å². The van der Waals surface area contributed by atoms with Crippen LogP contribution in [0.1, 0.15) is 23.1 Å². The van der Waals surface area contributed by atoms with E-state index in [9.17, 15) is 4.79 Å². The van der Waals surface area contributed by atoms with Gasteiger partial charge < -0.3 is 14.4 Å². The van der Waals surface area contributed by atoms with Crippen molar-refractivity contribution in [2.45, 2.75) is 25.7 Å². The number of carbonyl (C=O) groups excluding carboxylic acids is 1. The van der Waals surface area contributed by atoms with Gasteiger partial charge >= 0.3 is 0 Å². The van der Waals surface area contributed by atoms with Crippen LogP contribution in [0.15, 0.2) is 36.4 Å². The molecule has 4 rings (SSSR count). The number of hydrogen-bond donors (Lipinski definition) is 0. The Labute approximate surface area is 156 Å². The molecule has 0 bridgehead atoms. The first-order chi connectivity index (χ1) is 12.0. The number of fused-ring (bicyclic) bond motifs is 2. The fraction of sp³-hybridized carbons (Fsp3) is 0.316. The van der Waals surface area contributed by atoms with Crippen LogP contribution in [0.4, 0.5) is 5.69 Å². The minimum atomic E-state index is -1.49. The molecule has 0 aliphatic carbocycles. The van der Waals surface area contributed by atoms with Crippen molar-refractivity contribution < 1.29 is 14.3 Å². The van der Waals surface area contributed by atoms with E-state index in [1.54, 1.807) is 17.0 Å². The number of carbonyl (C=O) groups is 1. The number of benzene rings is 2. The van der Waals surface area contributed by atoms with Gasteiger partial charge in [-0.15, -0.1) is 0 Å². The van der Waals surface area contributed by atoms with Crippen molar-refractivity contribution in [3.8, 4) is 0 Å². The Morgan fingerprint density at radius 2 is 1.68 bits per heavy atom. The van der Waals surface area contributed by atoms with E-state index in [1.807, 2.05) is 31.2 Å². The standard InChI is InChI=1S/C19H17Cl2NO3/c1-12-3-5-13(6-4-12)11-22-17-15(21)8-7-14(20)16(17)19(18(22)23)24-9-2-10-25-19/h3-8H,2,9-11H2,1H3. The minimum Gasteiger partial charge on any atom is -0.338 e. The summed E-state index contributed by atoms with van der Waals surface area (Å²) in [6.45, 7) is 3.27. The van der Waals surface area contributed by atoms with Crippen molar-refractivity contribution in [2.24, 2.45) is 0 Å². The molecule has 2 aromatic carbocycles. The molecule has 130 valence electrons. The Morgan fingerprint density at radius 3 is 2.36 bits per heavy atom. The lowest BCUT2D eigenvalue weighted by atomic mass is 10.1. The fourth-order valence-corrected chi connectivity index (χ4v) is 3.87. The van der Waals surface area contributed by atoms with Gasteiger partial charge in [0.25, 0.3) is 11.7 Å². The summed E-state index contributed by atoms with van der Waals surface area (Å²) in [7, 11) is 0. The van der Waals surface area contributed by atoms with Crippen LogP contribution in [0.2, 0.25) is 10.0 Å². The van der Waals surface area contributed by atoms with Crippen LogP contribution in [-0.4, -0.2) is 19.1 Å². The maximum Gasteiger partial charge on any atom is 0.292 e. The topological polar surface area (TPSA) is 38.8 Å². The summed E-state index contributed by atoms with van der Waals surface area (Å²) in [6, 6.07) is 11.4. The molecule has 25 heavy (non-hydrogen) atoms. The predicted octanol–water partition coefficient (Wildman–Crippen LogP) is 4.44. The Bertz CT molecular complexity index is 829. The molecule has 0 unspecified atom stereocenters. The lowest BCUT2D eigenvalue weighted by Crippen LogP contribution is -2.47. The Hall–Kier alpha value is -1.59. The van der Waals surface area contributed by atoms with Gasteiger partial charge in [0.05, 0.1) is 41.1 Å². The van der Waals surface area contributed by atoms with E-state index in [0.717, 1.165) is 17.5 Å². The summed E-state index contributed by atoms with van der Waals surface area (Å²) in [6.07, 6.45) is 0.737. The summed E-state index contributed by atoms with van der Waals surface area (Å²) in [5, 5.41) is 0.871. The molecular weight excluding hydrogens is 361 g/mol. The summed E-state index contributed by atoms with van der Waals surface area (Å²) in [4.78, 5) is 14.9. The number of amides is 1. The first kappa shape index (κ1) is 16.9. The molecule has 2 aliphatic heterocycles. The average Bonchev–Trinajstić information content (AvgIpc) is 2.85. The van der Waals surface area contributed by atoms with Gasteiger partial charge in [0.15, 0.2) is 0 Å². The molecule has 1 fully saturated rings. The zero-order valence-corrected chi connectivity index (χ0v) is 15.2. The highest BCUT2D eigenvalue weighted by atomic mass is 35.5. The van der Waals surface area contributed by atoms with Gasteiger partial charge in [0, 0.05) is 0 Å². The van der Waals surface area contributed by atoms with Crippen molar-refractivity contribution in [1.82, 2.24) is 0 Å². The van der Waals surface area contributed by atoms with Crippen molar-refractivity contribution in [1.29, 1.82) is 0 Å². The number of ether oxygens (including phenoxy) is 2. The molecule has 4 nitrogen and oxygen atoms in total. The van der Waals surface area contributed by atoms with Crippen LogP contribution < -0.4 is 4.90 Å². The van der Waals surface area contributed by atoms with E-state index in [0.29, 0.717) is 41.1 Å². The van der Waals surface area contributed by atoms with Gasteiger partial charge in [0.2, 0.25) is 0 Å². The average molecular weight is 378 g/mol. The van der Waals surface area contributed by atoms with Crippen LogP contribution in [0, 0.1) is 6.92 Å². The first-order valence-corrected chi connectivity index (χ1v) is 8.92. The van der Waals surface area contributed by atoms with E-state index in [1.165, 1.54) is 0 Å². The molecule has 0 radical (unpaired) electrons. The number of anilines is 1. The number of halogens is 2. The third-order valence-corrected chi connectivity index (χ3v) is 5.18. The van der Waals surface area contributed by atoms with E-state index in [-0.39, 0.29) is 5.91 Å². The molecule has 0 N–H and O–H groups in total. The fourth-order valence-electron chi connectivity index (χ4n) is 3.33. The van der Waals surface area contributed by atoms with E-state index in [4.69, 9.17) is 32.7 Å². The highest BCUT2D eigenvalue weighted by Crippen LogP contribution is 2.51. The third kappa shape index (κ3) is 2.64. The summed E-state index contributed by atoms with van der Waals surface area (Å²) >= 11 is 12.9. The van der Waals surface area contributed by atoms with Gasteiger partial charge in [-0.25, -0.2) is 0 Å². The molecule has 1 amide bonds. The zero-order chi connectivity index (χ0) is 17.6. The van der Waals surface area contributed by atoms with Crippen molar-refractivity contribution >= 4 is 34.8 Å². The molecule has 2 aliphatic rings. The highest BCUT2D eigenvalue weighted by Gasteiger charge is 2.56. The van der Waals surface area contributed by atoms with Crippen LogP contribution >= 0.6 is 23.2 Å². The molecule has 0 atom stereocenters. The molecule has 6 heteroatoms. The molecular formula is C19H17Cl2NO3. The number of hydrogen-bond acceptors (Lipinski definition) is 3. The lowest BCUT2D eigenvalue weighted by molar-refractivity contribution is -0.256. The quantitative estimate of drug-likeness (QED) is 0.776. The van der Waals surface area contributed by atoms with Crippen molar-refractivity contribution in [3.63, 3.8) is 0 Å². The van der Waals surface area contributed by atoms with Crippen LogP contribution in [-0.2, 0) is 26.6 Å². The third-order valence-electron chi connectivity index (χ3n) is 4.56. The van der Waals surface area contributed by atoms with Crippen LogP contribution in [0.25, 0.3) is 0 Å². The zero-order valence-electron chi connectivity index (χ0n) is 13.7. The smallest absolute Gasteiger partial charge is 0.292 e. The van der Waals surface area contributed by atoms with Crippen molar-refractivity contribution in [3.05, 3.63) is 63.1 Å². The monoisotopic (exact) mass is 377 g/mol. The summed E-state index contributed by atoms with van der Waals surface area (Å²) < 4.78 is 11.7. The maximum atomic E-state index is 13.3. The van der Waals surface area contributed by atoms with Gasteiger partial charge in [0.1, 0.15) is 0 Å². The van der Waals surface area contributed by atoms with Crippen LogP contribution in [0.5, 0.6) is 0 Å². The molecule has 1 saturated heterocycles. The highest BCUT2D eigenvalue weighted by molar-refractivity contribution is 6.38. The molecule has 0 saturated carbocycles. The second-order valence-corrected chi connectivity index (χ2v) is 7.11. The van der Waals surface area contributed by atoms with Gasteiger partial charge in [-0.3, -0.25) is 4.79 Å². The molecule has 2 aromatic rings. The van der Waals surface area contributed by atoms with E-state index < -0.39 is 5.79 Å².